The lowest BCUT2D eigenvalue weighted by atomic mass is 10.0. The molecule has 0 radical (unpaired) electrons. The van der Waals surface area contributed by atoms with Crippen LogP contribution < -0.4 is 0 Å². The van der Waals surface area contributed by atoms with Gasteiger partial charge in [-0.15, -0.1) is 0 Å². The highest BCUT2D eigenvalue weighted by Crippen LogP contribution is 2.36. The van der Waals surface area contributed by atoms with Gasteiger partial charge in [0.2, 0.25) is 0 Å². The van der Waals surface area contributed by atoms with Crippen molar-refractivity contribution in [2.45, 2.75) is 30.9 Å². The van der Waals surface area contributed by atoms with Gasteiger partial charge < -0.3 is 5.11 Å². The van der Waals surface area contributed by atoms with E-state index in [9.17, 15) is 13.5 Å². The summed E-state index contributed by atoms with van der Waals surface area (Å²) in [6, 6.07) is 19.4. The van der Waals surface area contributed by atoms with Crippen LogP contribution in [0.3, 0.4) is 0 Å². The molecule has 0 saturated heterocycles. The topological polar surface area (TPSA) is 72.2 Å². The molecule has 9 heteroatoms. The summed E-state index contributed by atoms with van der Waals surface area (Å²) >= 11 is 19.3. The Morgan fingerprint density at radius 2 is 1.60 bits per heavy atom. The smallest absolute Gasteiger partial charge is 0.175 e. The maximum Gasteiger partial charge on any atom is 0.175 e. The van der Waals surface area contributed by atoms with Crippen molar-refractivity contribution in [1.29, 1.82) is 0 Å². The third kappa shape index (κ3) is 5.57. The summed E-state index contributed by atoms with van der Waals surface area (Å²) in [5.74, 6) is 0. The number of nitrogens with zero attached hydrogens (tertiary/aromatic N) is 2. The Labute approximate surface area is 219 Å². The van der Waals surface area contributed by atoms with Gasteiger partial charge in [0.15, 0.2) is 9.84 Å². The van der Waals surface area contributed by atoms with Crippen molar-refractivity contribution in [3.63, 3.8) is 0 Å². The van der Waals surface area contributed by atoms with E-state index < -0.39 is 15.4 Å². The van der Waals surface area contributed by atoms with Crippen LogP contribution in [0, 0.1) is 0 Å². The van der Waals surface area contributed by atoms with Gasteiger partial charge in [-0.2, -0.15) is 5.10 Å². The van der Waals surface area contributed by atoms with Crippen LogP contribution in [-0.4, -0.2) is 29.6 Å². The van der Waals surface area contributed by atoms with Crippen molar-refractivity contribution in [2.75, 3.05) is 6.26 Å². The van der Waals surface area contributed by atoms with Gasteiger partial charge in [-0.1, -0.05) is 71.2 Å². The summed E-state index contributed by atoms with van der Waals surface area (Å²) < 4.78 is 25.7. The number of rotatable bonds is 6. The zero-order valence-corrected chi connectivity index (χ0v) is 22.3. The third-order valence-electron chi connectivity index (χ3n) is 5.60. The number of benzene rings is 3. The molecule has 0 aliphatic heterocycles. The minimum Gasteiger partial charge on any atom is -0.384 e. The SMILES string of the molecule is CC(C)(O)c1cc(-c2ccc(-c3cccc(S(C)(=O)=O)c3)cc2Cl)n(Cc2cccc(Cl)c2Cl)n1. The van der Waals surface area contributed by atoms with E-state index in [2.05, 4.69) is 5.10 Å². The molecule has 0 unspecified atom stereocenters. The molecule has 0 aliphatic carbocycles. The molecule has 1 heterocycles. The van der Waals surface area contributed by atoms with Crippen molar-refractivity contribution in [2.24, 2.45) is 0 Å². The molecule has 0 aliphatic rings. The number of halogens is 3. The Morgan fingerprint density at radius 3 is 2.26 bits per heavy atom. The molecular formula is C26H23Cl3N2O3S. The Morgan fingerprint density at radius 1 is 0.914 bits per heavy atom. The molecular weight excluding hydrogens is 527 g/mol. The molecule has 35 heavy (non-hydrogen) atoms. The first-order chi connectivity index (χ1) is 16.3. The summed E-state index contributed by atoms with van der Waals surface area (Å²) in [6.45, 7) is 3.64. The molecule has 5 nitrogen and oxygen atoms in total. The van der Waals surface area contributed by atoms with Crippen LogP contribution in [0.4, 0.5) is 0 Å². The third-order valence-corrected chi connectivity index (χ3v) is 7.88. The van der Waals surface area contributed by atoms with Crippen LogP contribution in [0.15, 0.2) is 71.6 Å². The molecule has 0 amide bonds. The summed E-state index contributed by atoms with van der Waals surface area (Å²) in [6.07, 6.45) is 1.18. The molecule has 182 valence electrons. The fourth-order valence-electron chi connectivity index (χ4n) is 3.69. The average Bonchev–Trinajstić information content (AvgIpc) is 3.20. The van der Waals surface area contributed by atoms with E-state index in [1.54, 1.807) is 54.9 Å². The van der Waals surface area contributed by atoms with Gasteiger partial charge in [0.05, 0.1) is 37.9 Å². The van der Waals surface area contributed by atoms with Gasteiger partial charge in [0.25, 0.3) is 0 Å². The summed E-state index contributed by atoms with van der Waals surface area (Å²) in [5, 5.41) is 16.5. The molecule has 0 bridgehead atoms. The number of sulfone groups is 1. The van der Waals surface area contributed by atoms with Crippen LogP contribution in [0.5, 0.6) is 0 Å². The normalized spacial score (nSPS) is 12.2. The average molecular weight is 550 g/mol. The predicted molar refractivity (Wildman–Crippen MR) is 142 cm³/mol. The molecule has 0 saturated carbocycles. The second-order valence-corrected chi connectivity index (χ2v) is 12.0. The van der Waals surface area contributed by atoms with Crippen molar-refractivity contribution >= 4 is 44.6 Å². The van der Waals surface area contributed by atoms with Gasteiger partial charge in [0.1, 0.15) is 5.60 Å². The second kappa shape index (κ2) is 9.60. The van der Waals surface area contributed by atoms with E-state index in [4.69, 9.17) is 34.8 Å². The van der Waals surface area contributed by atoms with E-state index in [1.807, 2.05) is 30.3 Å². The highest BCUT2D eigenvalue weighted by molar-refractivity contribution is 7.90. The molecule has 1 N–H and O–H groups in total. The Balaban J connectivity index is 1.80. The summed E-state index contributed by atoms with van der Waals surface area (Å²) in [7, 11) is -3.34. The minimum absolute atomic E-state index is 0.237. The first-order valence-electron chi connectivity index (χ1n) is 10.7. The first kappa shape index (κ1) is 25.7. The number of hydrogen-bond donors (Lipinski definition) is 1. The fraction of sp³-hybridized carbons (Fsp3) is 0.192. The van der Waals surface area contributed by atoms with E-state index in [0.717, 1.165) is 16.7 Å². The molecule has 0 fully saturated rings. The van der Waals surface area contributed by atoms with Crippen molar-refractivity contribution in [3.05, 3.63) is 93.1 Å². The zero-order valence-electron chi connectivity index (χ0n) is 19.3. The maximum atomic E-state index is 12.0. The van der Waals surface area contributed by atoms with Gasteiger partial charge >= 0.3 is 0 Å². The predicted octanol–water partition coefficient (Wildman–Crippen LogP) is 6.86. The zero-order chi connectivity index (χ0) is 25.5. The van der Waals surface area contributed by atoms with Gasteiger partial charge in [0, 0.05) is 11.8 Å². The first-order valence-corrected chi connectivity index (χ1v) is 13.7. The van der Waals surface area contributed by atoms with Crippen molar-refractivity contribution in [1.82, 2.24) is 9.78 Å². The van der Waals surface area contributed by atoms with E-state index in [1.165, 1.54) is 6.26 Å². The Hall–Kier alpha value is -2.35. The van der Waals surface area contributed by atoms with Crippen LogP contribution in [0.2, 0.25) is 15.1 Å². The van der Waals surface area contributed by atoms with E-state index in [-0.39, 0.29) is 4.90 Å². The molecule has 3 aromatic carbocycles. The van der Waals surface area contributed by atoms with Crippen LogP contribution in [0.1, 0.15) is 25.1 Å². The highest BCUT2D eigenvalue weighted by atomic mass is 35.5. The lowest BCUT2D eigenvalue weighted by molar-refractivity contribution is 0.0731. The number of aromatic nitrogens is 2. The van der Waals surface area contributed by atoms with Crippen molar-refractivity contribution < 1.29 is 13.5 Å². The molecule has 4 aromatic rings. The van der Waals surface area contributed by atoms with Crippen LogP contribution >= 0.6 is 34.8 Å². The molecule has 1 aromatic heterocycles. The lowest BCUT2D eigenvalue weighted by Crippen LogP contribution is -2.17. The summed E-state index contributed by atoms with van der Waals surface area (Å²) in [4.78, 5) is 0.237. The number of hydrogen-bond acceptors (Lipinski definition) is 4. The Bertz CT molecular complexity index is 1520. The second-order valence-electron chi connectivity index (χ2n) is 8.84. The van der Waals surface area contributed by atoms with Crippen molar-refractivity contribution in [3.8, 4) is 22.4 Å². The van der Waals surface area contributed by atoms with Gasteiger partial charge in [-0.05, 0) is 60.9 Å². The minimum atomic E-state index is -3.34. The van der Waals surface area contributed by atoms with Crippen LogP contribution in [0.25, 0.3) is 22.4 Å². The Kier molecular flexibility index (Phi) is 7.06. The van der Waals surface area contributed by atoms with E-state index >= 15 is 0 Å². The van der Waals surface area contributed by atoms with E-state index in [0.29, 0.717) is 38.6 Å². The fourth-order valence-corrected chi connectivity index (χ4v) is 5.02. The standard InChI is InChI=1S/C26H23Cl3N2O3S/c1-26(2,32)24-14-23(31(30-24)15-18-7-5-9-21(27)25(18)29)20-11-10-17(13-22(20)28)16-6-4-8-19(12-16)35(3,33)34/h4-14,32H,15H2,1-3H3. The lowest BCUT2D eigenvalue weighted by Gasteiger charge is -2.13. The highest BCUT2D eigenvalue weighted by Gasteiger charge is 2.24. The quantitative estimate of drug-likeness (QED) is 0.285. The van der Waals surface area contributed by atoms with Gasteiger partial charge in [-0.3, -0.25) is 4.68 Å². The summed E-state index contributed by atoms with van der Waals surface area (Å²) in [5.41, 5.74) is 2.99. The molecule has 0 spiro atoms. The number of aliphatic hydroxyl groups is 1. The molecule has 4 rings (SSSR count). The van der Waals surface area contributed by atoms with Gasteiger partial charge in [-0.25, -0.2) is 8.42 Å². The van der Waals surface area contributed by atoms with Crippen LogP contribution in [-0.2, 0) is 22.0 Å². The monoisotopic (exact) mass is 548 g/mol. The largest absolute Gasteiger partial charge is 0.384 e. The molecule has 0 atom stereocenters. The maximum absolute atomic E-state index is 12.0.